The smallest absolute Gasteiger partial charge is 0.191 e. The molecule has 0 aromatic heterocycles. The number of rotatable bonds is 1. The standard InChI is InChI=1S/C7H10FNO/c8-7(4-9)6-2-1-3-10-5-6/h6-7H,1-3,5H2. The summed E-state index contributed by atoms with van der Waals surface area (Å²) in [6.45, 7) is 1.13. The Labute approximate surface area is 59.6 Å². The molecule has 0 radical (unpaired) electrons. The van der Waals surface area contributed by atoms with E-state index < -0.39 is 6.17 Å². The second kappa shape index (κ2) is 3.52. The molecule has 3 heteroatoms. The maximum Gasteiger partial charge on any atom is 0.191 e. The summed E-state index contributed by atoms with van der Waals surface area (Å²) in [4.78, 5) is 0. The first kappa shape index (κ1) is 7.49. The number of hydrogen-bond donors (Lipinski definition) is 0. The molecule has 0 aliphatic carbocycles. The molecule has 1 saturated heterocycles. The van der Waals surface area contributed by atoms with Crippen molar-refractivity contribution in [2.45, 2.75) is 19.0 Å². The van der Waals surface area contributed by atoms with Crippen LogP contribution in [0.15, 0.2) is 0 Å². The van der Waals surface area contributed by atoms with Gasteiger partial charge in [0.15, 0.2) is 6.17 Å². The number of hydrogen-bond acceptors (Lipinski definition) is 2. The third-order valence-corrected chi connectivity index (χ3v) is 1.73. The van der Waals surface area contributed by atoms with E-state index in [0.29, 0.717) is 13.2 Å². The van der Waals surface area contributed by atoms with Gasteiger partial charge in [0.1, 0.15) is 6.07 Å². The van der Waals surface area contributed by atoms with Crippen LogP contribution in [0.3, 0.4) is 0 Å². The van der Waals surface area contributed by atoms with Crippen molar-refractivity contribution in [1.82, 2.24) is 0 Å². The van der Waals surface area contributed by atoms with Crippen molar-refractivity contribution < 1.29 is 9.13 Å². The van der Waals surface area contributed by atoms with Gasteiger partial charge in [-0.1, -0.05) is 0 Å². The Balaban J connectivity index is 2.33. The van der Waals surface area contributed by atoms with Crippen molar-refractivity contribution in [1.29, 1.82) is 5.26 Å². The van der Waals surface area contributed by atoms with Crippen LogP contribution in [0.1, 0.15) is 12.8 Å². The van der Waals surface area contributed by atoms with E-state index in [2.05, 4.69) is 0 Å². The molecular formula is C7H10FNO. The van der Waals surface area contributed by atoms with E-state index in [1.165, 1.54) is 0 Å². The molecule has 0 spiro atoms. The lowest BCUT2D eigenvalue weighted by Crippen LogP contribution is -2.25. The average Bonchev–Trinajstić information content (AvgIpc) is 2.05. The maximum atomic E-state index is 12.6. The highest BCUT2D eigenvalue weighted by molar-refractivity contribution is 4.89. The summed E-state index contributed by atoms with van der Waals surface area (Å²) < 4.78 is 17.6. The fraction of sp³-hybridized carbons (Fsp3) is 0.857. The lowest BCUT2D eigenvalue weighted by atomic mass is 9.98. The van der Waals surface area contributed by atoms with E-state index in [9.17, 15) is 4.39 Å². The van der Waals surface area contributed by atoms with E-state index in [4.69, 9.17) is 10.00 Å². The van der Waals surface area contributed by atoms with Gasteiger partial charge in [0.2, 0.25) is 0 Å². The molecule has 1 rings (SSSR count). The van der Waals surface area contributed by atoms with Gasteiger partial charge in [-0.05, 0) is 12.8 Å². The lowest BCUT2D eigenvalue weighted by molar-refractivity contribution is 0.0325. The molecule has 2 atom stereocenters. The molecule has 0 saturated carbocycles. The van der Waals surface area contributed by atoms with Gasteiger partial charge in [-0.3, -0.25) is 0 Å². The van der Waals surface area contributed by atoms with Crippen LogP contribution >= 0.6 is 0 Å². The quantitative estimate of drug-likeness (QED) is 0.553. The number of nitrogens with zero attached hydrogens (tertiary/aromatic N) is 1. The Hall–Kier alpha value is -0.620. The summed E-state index contributed by atoms with van der Waals surface area (Å²) in [5.74, 6) is -0.182. The third kappa shape index (κ3) is 1.68. The second-order valence-corrected chi connectivity index (χ2v) is 2.51. The van der Waals surface area contributed by atoms with Crippen molar-refractivity contribution in [3.63, 3.8) is 0 Å². The first-order valence-corrected chi connectivity index (χ1v) is 3.46. The molecule has 56 valence electrons. The highest BCUT2D eigenvalue weighted by atomic mass is 19.1. The van der Waals surface area contributed by atoms with Crippen molar-refractivity contribution in [2.75, 3.05) is 13.2 Å². The Morgan fingerprint density at radius 2 is 2.50 bits per heavy atom. The van der Waals surface area contributed by atoms with Crippen molar-refractivity contribution in [2.24, 2.45) is 5.92 Å². The summed E-state index contributed by atoms with van der Waals surface area (Å²) in [6, 6.07) is 1.59. The second-order valence-electron chi connectivity index (χ2n) is 2.51. The number of alkyl halides is 1. The van der Waals surface area contributed by atoms with Crippen LogP contribution in [0.25, 0.3) is 0 Å². The minimum Gasteiger partial charge on any atom is -0.381 e. The molecule has 2 nitrogen and oxygen atoms in total. The monoisotopic (exact) mass is 143 g/mol. The molecule has 1 fully saturated rings. The lowest BCUT2D eigenvalue weighted by Gasteiger charge is -2.21. The van der Waals surface area contributed by atoms with Gasteiger partial charge < -0.3 is 4.74 Å². The molecule has 0 amide bonds. The zero-order valence-electron chi connectivity index (χ0n) is 5.72. The minimum absolute atomic E-state index is 0.182. The molecule has 1 aliphatic rings. The largest absolute Gasteiger partial charge is 0.381 e. The fourth-order valence-electron chi connectivity index (χ4n) is 1.10. The molecule has 1 heterocycles. The van der Waals surface area contributed by atoms with Gasteiger partial charge >= 0.3 is 0 Å². The highest BCUT2D eigenvalue weighted by Gasteiger charge is 2.22. The summed E-state index contributed by atoms with van der Waals surface area (Å²) in [5.41, 5.74) is 0. The van der Waals surface area contributed by atoms with Gasteiger partial charge in [-0.25, -0.2) is 4.39 Å². The van der Waals surface area contributed by atoms with E-state index in [1.54, 1.807) is 6.07 Å². The van der Waals surface area contributed by atoms with Crippen LogP contribution in [0.4, 0.5) is 4.39 Å². The topological polar surface area (TPSA) is 33.0 Å². The summed E-state index contributed by atoms with van der Waals surface area (Å²) in [7, 11) is 0. The van der Waals surface area contributed by atoms with Crippen molar-refractivity contribution in [3.05, 3.63) is 0 Å². The first-order chi connectivity index (χ1) is 4.84. The van der Waals surface area contributed by atoms with Gasteiger partial charge in [-0.15, -0.1) is 0 Å². The Bertz CT molecular complexity index is 137. The molecule has 10 heavy (non-hydrogen) atoms. The Morgan fingerprint density at radius 3 is 3.00 bits per heavy atom. The van der Waals surface area contributed by atoms with Crippen LogP contribution < -0.4 is 0 Å². The molecule has 1 aliphatic heterocycles. The summed E-state index contributed by atoms with van der Waals surface area (Å²) in [6.07, 6.45) is 0.335. The predicted octanol–water partition coefficient (Wildman–Crippen LogP) is 1.27. The molecular weight excluding hydrogens is 133 g/mol. The van der Waals surface area contributed by atoms with Crippen LogP contribution in [-0.2, 0) is 4.74 Å². The Kier molecular flexibility index (Phi) is 2.64. The van der Waals surface area contributed by atoms with E-state index in [0.717, 1.165) is 12.8 Å². The summed E-state index contributed by atoms with van der Waals surface area (Å²) >= 11 is 0. The van der Waals surface area contributed by atoms with E-state index >= 15 is 0 Å². The van der Waals surface area contributed by atoms with Crippen LogP contribution in [0, 0.1) is 17.2 Å². The average molecular weight is 143 g/mol. The van der Waals surface area contributed by atoms with Crippen LogP contribution in [0.2, 0.25) is 0 Å². The molecule has 2 unspecified atom stereocenters. The van der Waals surface area contributed by atoms with Gasteiger partial charge in [-0.2, -0.15) is 5.26 Å². The molecule has 0 aromatic rings. The van der Waals surface area contributed by atoms with Gasteiger partial charge in [0.25, 0.3) is 0 Å². The van der Waals surface area contributed by atoms with Crippen LogP contribution in [0.5, 0.6) is 0 Å². The zero-order valence-corrected chi connectivity index (χ0v) is 5.72. The Morgan fingerprint density at radius 1 is 1.70 bits per heavy atom. The van der Waals surface area contributed by atoms with Gasteiger partial charge in [0.05, 0.1) is 6.61 Å². The van der Waals surface area contributed by atoms with E-state index in [-0.39, 0.29) is 5.92 Å². The van der Waals surface area contributed by atoms with Crippen molar-refractivity contribution in [3.8, 4) is 6.07 Å². The number of ether oxygens (including phenoxy) is 1. The zero-order chi connectivity index (χ0) is 7.40. The normalized spacial score (nSPS) is 29.0. The highest BCUT2D eigenvalue weighted by Crippen LogP contribution is 2.18. The van der Waals surface area contributed by atoms with Crippen LogP contribution in [-0.4, -0.2) is 19.4 Å². The third-order valence-electron chi connectivity index (χ3n) is 1.73. The maximum absolute atomic E-state index is 12.6. The van der Waals surface area contributed by atoms with Crippen molar-refractivity contribution >= 4 is 0 Å². The SMILES string of the molecule is N#CC(F)C1CCCOC1. The molecule has 0 aromatic carbocycles. The van der Waals surface area contributed by atoms with Gasteiger partial charge in [0, 0.05) is 12.5 Å². The first-order valence-electron chi connectivity index (χ1n) is 3.46. The number of halogens is 1. The van der Waals surface area contributed by atoms with E-state index in [1.807, 2.05) is 0 Å². The summed E-state index contributed by atoms with van der Waals surface area (Å²) in [5, 5.41) is 8.21. The predicted molar refractivity (Wildman–Crippen MR) is 34.1 cm³/mol. The fourth-order valence-corrected chi connectivity index (χ4v) is 1.10. The molecule has 0 N–H and O–H groups in total. The minimum atomic E-state index is -1.33. The number of nitriles is 1. The molecule has 0 bridgehead atoms.